The fourth-order valence-corrected chi connectivity index (χ4v) is 2.39. The minimum atomic E-state index is -4.62. The van der Waals surface area contributed by atoms with Gasteiger partial charge in [-0.05, 0) is 19.5 Å². The van der Waals surface area contributed by atoms with Gasteiger partial charge in [-0.15, -0.1) is 0 Å². The molecular weight excluding hydrogens is 256 g/mol. The van der Waals surface area contributed by atoms with Crippen molar-refractivity contribution in [3.63, 3.8) is 0 Å². The lowest BCUT2D eigenvalue weighted by molar-refractivity contribution is -0.137. The molecule has 0 rings (SSSR count). The first kappa shape index (κ1) is 15.1. The summed E-state index contributed by atoms with van der Waals surface area (Å²) in [4.78, 5) is 21.5. The van der Waals surface area contributed by atoms with Crippen LogP contribution in [0.5, 0.6) is 0 Å². The number of carboxylic acids is 1. The Balaban J connectivity index is 4.69. The summed E-state index contributed by atoms with van der Waals surface area (Å²) >= 11 is 0. The molecule has 94 valence electrons. The van der Waals surface area contributed by atoms with Crippen LogP contribution < -0.4 is 0 Å². The van der Waals surface area contributed by atoms with E-state index in [2.05, 4.69) is 0 Å². The first-order valence-electron chi connectivity index (χ1n) is 4.53. The first-order chi connectivity index (χ1) is 7.14. The molecule has 0 amide bonds. The Hall–Kier alpha value is -0.933. The molecule has 0 bridgehead atoms. The Bertz CT molecular complexity index is 361. The van der Waals surface area contributed by atoms with Crippen LogP contribution in [0.25, 0.3) is 0 Å². The molecule has 1 atom stereocenters. The average molecular weight is 270 g/mol. The lowest BCUT2D eigenvalue weighted by atomic mass is 10.2. The van der Waals surface area contributed by atoms with Gasteiger partial charge in [-0.2, -0.15) is 8.42 Å². The van der Waals surface area contributed by atoms with Gasteiger partial charge in [-0.3, -0.25) is 14.1 Å². The van der Waals surface area contributed by atoms with Crippen LogP contribution in [0.4, 0.5) is 0 Å². The third-order valence-electron chi connectivity index (χ3n) is 1.59. The molecule has 0 aromatic carbocycles. The second-order valence-corrected chi connectivity index (χ2v) is 7.35. The predicted octanol–water partition coefficient (Wildman–Crippen LogP) is -0.366. The van der Waals surface area contributed by atoms with Crippen LogP contribution in [0, 0.1) is 0 Å². The monoisotopic (exact) mass is 270 g/mol. The van der Waals surface area contributed by atoms with Crippen molar-refractivity contribution in [1.29, 1.82) is 0 Å². The van der Waals surface area contributed by atoms with E-state index in [0.717, 1.165) is 0 Å². The summed E-state index contributed by atoms with van der Waals surface area (Å²) < 4.78 is 35.2. The number of carbonyl (C=O) groups excluding carboxylic acids is 1. The van der Waals surface area contributed by atoms with Crippen molar-refractivity contribution in [3.05, 3.63) is 0 Å². The zero-order valence-electron chi connectivity index (χ0n) is 8.91. The van der Waals surface area contributed by atoms with Crippen molar-refractivity contribution in [2.24, 2.45) is 0 Å². The Morgan fingerprint density at radius 2 is 1.88 bits per heavy atom. The molecule has 0 fully saturated rings. The summed E-state index contributed by atoms with van der Waals surface area (Å²) in [5.41, 5.74) is 0. The molecule has 9 heteroatoms. The molecule has 0 aliphatic carbocycles. The van der Waals surface area contributed by atoms with Gasteiger partial charge in [0.2, 0.25) is 9.04 Å². The SMILES string of the molecule is C[SiH](C)OC(=O)C(CCC(=O)O)S(=O)(=O)O. The van der Waals surface area contributed by atoms with E-state index in [0.29, 0.717) is 0 Å². The molecule has 7 nitrogen and oxygen atoms in total. The summed E-state index contributed by atoms with van der Waals surface area (Å²) in [7, 11) is -6.40. The molecule has 0 aliphatic heterocycles. The van der Waals surface area contributed by atoms with E-state index in [-0.39, 0.29) is 0 Å². The Labute approximate surface area is 94.9 Å². The van der Waals surface area contributed by atoms with Crippen molar-refractivity contribution in [1.82, 2.24) is 0 Å². The van der Waals surface area contributed by atoms with Gasteiger partial charge in [-0.1, -0.05) is 0 Å². The van der Waals surface area contributed by atoms with E-state index in [9.17, 15) is 18.0 Å². The summed E-state index contributed by atoms with van der Waals surface area (Å²) in [6, 6.07) is 0. The van der Waals surface area contributed by atoms with Crippen molar-refractivity contribution >= 4 is 31.1 Å². The number of carboxylic acid groups (broad SMARTS) is 1. The summed E-state index contributed by atoms with van der Waals surface area (Å²) in [5, 5.41) is 6.56. The second-order valence-electron chi connectivity index (χ2n) is 3.42. The molecule has 0 aliphatic rings. The number of carbonyl (C=O) groups is 2. The maximum Gasteiger partial charge on any atom is 0.313 e. The van der Waals surface area contributed by atoms with Gasteiger partial charge in [-0.25, -0.2) is 0 Å². The highest BCUT2D eigenvalue weighted by Crippen LogP contribution is 2.10. The van der Waals surface area contributed by atoms with Crippen molar-refractivity contribution in [2.45, 2.75) is 31.2 Å². The fourth-order valence-electron chi connectivity index (χ4n) is 0.951. The number of aliphatic carboxylic acids is 1. The Kier molecular flexibility index (Phi) is 5.62. The van der Waals surface area contributed by atoms with Crippen molar-refractivity contribution < 1.29 is 32.1 Å². The molecule has 0 aromatic heterocycles. The van der Waals surface area contributed by atoms with Crippen LogP contribution >= 0.6 is 0 Å². The zero-order chi connectivity index (χ0) is 12.9. The van der Waals surface area contributed by atoms with Gasteiger partial charge < -0.3 is 9.53 Å². The van der Waals surface area contributed by atoms with E-state index in [1.54, 1.807) is 13.1 Å². The predicted molar refractivity (Wildman–Crippen MR) is 57.2 cm³/mol. The van der Waals surface area contributed by atoms with Gasteiger partial charge in [0.05, 0.1) is 0 Å². The van der Waals surface area contributed by atoms with Gasteiger partial charge in [0.15, 0.2) is 5.25 Å². The van der Waals surface area contributed by atoms with E-state index in [4.69, 9.17) is 14.1 Å². The smallest absolute Gasteiger partial charge is 0.313 e. The molecular formula is C7H14O7SSi. The first-order valence-corrected chi connectivity index (χ1v) is 8.81. The van der Waals surface area contributed by atoms with E-state index in [1.807, 2.05) is 0 Å². The highest BCUT2D eigenvalue weighted by Gasteiger charge is 2.33. The third kappa shape index (κ3) is 5.83. The quantitative estimate of drug-likeness (QED) is 0.499. The molecule has 0 radical (unpaired) electrons. The topological polar surface area (TPSA) is 118 Å². The summed E-state index contributed by atoms with van der Waals surface area (Å²) in [6.45, 7) is 3.30. The van der Waals surface area contributed by atoms with Crippen molar-refractivity contribution in [2.75, 3.05) is 0 Å². The number of hydrogen-bond donors (Lipinski definition) is 2. The molecule has 1 unspecified atom stereocenters. The lowest BCUT2D eigenvalue weighted by Crippen LogP contribution is -2.34. The lowest BCUT2D eigenvalue weighted by Gasteiger charge is -2.14. The number of hydrogen-bond acceptors (Lipinski definition) is 5. The van der Waals surface area contributed by atoms with Crippen LogP contribution in [-0.2, 0) is 24.1 Å². The molecule has 0 heterocycles. The molecule has 0 aromatic rings. The zero-order valence-corrected chi connectivity index (χ0v) is 10.9. The second kappa shape index (κ2) is 5.96. The minimum Gasteiger partial charge on any atom is -0.522 e. The molecule has 0 spiro atoms. The molecule has 0 saturated carbocycles. The summed E-state index contributed by atoms with van der Waals surface area (Å²) in [5.74, 6) is -2.33. The van der Waals surface area contributed by atoms with E-state index in [1.165, 1.54) is 0 Å². The van der Waals surface area contributed by atoms with Gasteiger partial charge in [0, 0.05) is 6.42 Å². The minimum absolute atomic E-state index is 0.492. The largest absolute Gasteiger partial charge is 0.522 e. The fraction of sp³-hybridized carbons (Fsp3) is 0.714. The molecule has 0 saturated heterocycles. The standard InChI is InChI=1S/C7H14O7SSi/c1-16(2)14-7(10)5(15(11,12)13)3-4-6(8)9/h5,16H,3-4H2,1-2H3,(H,8,9)(H,11,12,13). The number of rotatable bonds is 6. The third-order valence-corrected chi connectivity index (χ3v) is 3.45. The molecule has 2 N–H and O–H groups in total. The van der Waals surface area contributed by atoms with Gasteiger partial charge in [0.1, 0.15) is 0 Å². The van der Waals surface area contributed by atoms with Crippen LogP contribution in [0.3, 0.4) is 0 Å². The summed E-state index contributed by atoms with van der Waals surface area (Å²) in [6.07, 6.45) is -1.02. The normalized spacial score (nSPS) is 13.5. The maximum absolute atomic E-state index is 11.3. The highest BCUT2D eigenvalue weighted by molar-refractivity contribution is 7.87. The van der Waals surface area contributed by atoms with Gasteiger partial charge in [0.25, 0.3) is 10.1 Å². The van der Waals surface area contributed by atoms with Crippen molar-refractivity contribution in [3.8, 4) is 0 Å². The van der Waals surface area contributed by atoms with Crippen LogP contribution in [-0.4, -0.2) is 44.3 Å². The Morgan fingerprint density at radius 3 is 2.19 bits per heavy atom. The maximum atomic E-state index is 11.3. The van der Waals surface area contributed by atoms with E-state index >= 15 is 0 Å². The Morgan fingerprint density at radius 1 is 1.38 bits per heavy atom. The van der Waals surface area contributed by atoms with Crippen LogP contribution in [0.15, 0.2) is 0 Å². The van der Waals surface area contributed by atoms with E-state index < -0.39 is 49.2 Å². The molecule has 16 heavy (non-hydrogen) atoms. The van der Waals surface area contributed by atoms with Crippen LogP contribution in [0.1, 0.15) is 12.8 Å². The average Bonchev–Trinajstić information content (AvgIpc) is 1.98. The van der Waals surface area contributed by atoms with Crippen LogP contribution in [0.2, 0.25) is 13.1 Å². The highest BCUT2D eigenvalue weighted by atomic mass is 32.2. The van der Waals surface area contributed by atoms with Gasteiger partial charge >= 0.3 is 11.9 Å².